The first-order valence-electron chi connectivity index (χ1n) is 5.68. The second-order valence-corrected chi connectivity index (χ2v) is 4.15. The van der Waals surface area contributed by atoms with Gasteiger partial charge < -0.3 is 16.2 Å². The van der Waals surface area contributed by atoms with Gasteiger partial charge in [0.2, 0.25) is 0 Å². The van der Waals surface area contributed by atoms with Crippen molar-refractivity contribution < 1.29 is 5.11 Å². The summed E-state index contributed by atoms with van der Waals surface area (Å²) in [6.45, 7) is 2.38. The molecule has 3 nitrogen and oxygen atoms in total. The Hall–Kier alpha value is -1.48. The van der Waals surface area contributed by atoms with Crippen LogP contribution in [0.3, 0.4) is 0 Å². The molecular formula is C13H18N2O. The first-order valence-corrected chi connectivity index (χ1v) is 5.68. The van der Waals surface area contributed by atoms with Crippen LogP contribution in [0, 0.1) is 0 Å². The summed E-state index contributed by atoms with van der Waals surface area (Å²) in [5.41, 5.74) is 9.42. The molecule has 0 heterocycles. The molecule has 0 radical (unpaired) electrons. The zero-order valence-corrected chi connectivity index (χ0v) is 9.53. The second kappa shape index (κ2) is 4.58. The number of hydrogen-bond acceptors (Lipinski definition) is 3. The van der Waals surface area contributed by atoms with Gasteiger partial charge in [0, 0.05) is 6.54 Å². The molecule has 0 spiro atoms. The van der Waals surface area contributed by atoms with E-state index in [4.69, 9.17) is 5.73 Å². The minimum Gasteiger partial charge on any atom is -0.495 e. The monoisotopic (exact) mass is 218 g/mol. The fraction of sp³-hybridized carbons (Fsp3) is 0.385. The number of aryl methyl sites for hydroxylation is 1. The van der Waals surface area contributed by atoms with E-state index in [1.54, 1.807) is 6.08 Å². The highest BCUT2D eigenvalue weighted by molar-refractivity contribution is 5.38. The van der Waals surface area contributed by atoms with Crippen LogP contribution in [-0.2, 0) is 13.0 Å². The Morgan fingerprint density at radius 1 is 1.62 bits per heavy atom. The van der Waals surface area contributed by atoms with E-state index in [1.165, 1.54) is 11.1 Å². The second-order valence-electron chi connectivity index (χ2n) is 4.15. The van der Waals surface area contributed by atoms with E-state index in [2.05, 4.69) is 23.5 Å². The highest BCUT2D eigenvalue weighted by Crippen LogP contribution is 2.32. The van der Waals surface area contributed by atoms with E-state index in [9.17, 15) is 5.11 Å². The van der Waals surface area contributed by atoms with Crippen molar-refractivity contribution in [3.05, 3.63) is 46.8 Å². The van der Waals surface area contributed by atoms with Gasteiger partial charge in [-0.3, -0.25) is 0 Å². The third kappa shape index (κ3) is 2.04. The van der Waals surface area contributed by atoms with Gasteiger partial charge in [0.25, 0.3) is 0 Å². The van der Waals surface area contributed by atoms with Crippen LogP contribution in [0.1, 0.15) is 36.1 Å². The SMILES string of the molecule is C/C=C(/O)NC1CCc2ccc(CN)cc21. The minimum absolute atomic E-state index is 0.220. The number of aliphatic hydroxyl groups is 1. The third-order valence-electron chi connectivity index (χ3n) is 3.12. The van der Waals surface area contributed by atoms with Crippen molar-refractivity contribution in [1.82, 2.24) is 5.32 Å². The Labute approximate surface area is 96.0 Å². The van der Waals surface area contributed by atoms with Gasteiger partial charge in [0.1, 0.15) is 0 Å². The van der Waals surface area contributed by atoms with E-state index in [1.807, 2.05) is 6.92 Å². The summed E-state index contributed by atoms with van der Waals surface area (Å²) >= 11 is 0. The lowest BCUT2D eigenvalue weighted by Gasteiger charge is -2.15. The summed E-state index contributed by atoms with van der Waals surface area (Å²) < 4.78 is 0. The lowest BCUT2D eigenvalue weighted by atomic mass is 10.0. The van der Waals surface area contributed by atoms with Gasteiger partial charge >= 0.3 is 0 Å². The van der Waals surface area contributed by atoms with Crippen molar-refractivity contribution in [2.45, 2.75) is 32.4 Å². The number of benzene rings is 1. The number of allylic oxidation sites excluding steroid dienone is 1. The van der Waals surface area contributed by atoms with Crippen molar-refractivity contribution in [2.75, 3.05) is 0 Å². The smallest absolute Gasteiger partial charge is 0.180 e. The maximum absolute atomic E-state index is 9.50. The van der Waals surface area contributed by atoms with Crippen molar-refractivity contribution in [3.63, 3.8) is 0 Å². The van der Waals surface area contributed by atoms with Crippen LogP contribution in [-0.4, -0.2) is 5.11 Å². The van der Waals surface area contributed by atoms with E-state index in [0.29, 0.717) is 6.54 Å². The lowest BCUT2D eigenvalue weighted by molar-refractivity contribution is 0.339. The fourth-order valence-electron chi connectivity index (χ4n) is 2.19. The van der Waals surface area contributed by atoms with E-state index >= 15 is 0 Å². The highest BCUT2D eigenvalue weighted by atomic mass is 16.3. The van der Waals surface area contributed by atoms with Crippen LogP contribution in [0.15, 0.2) is 30.2 Å². The molecule has 1 unspecified atom stereocenters. The van der Waals surface area contributed by atoms with E-state index < -0.39 is 0 Å². The van der Waals surface area contributed by atoms with Crippen LogP contribution >= 0.6 is 0 Å². The van der Waals surface area contributed by atoms with Gasteiger partial charge in [-0.25, -0.2) is 0 Å². The Balaban J connectivity index is 2.23. The quantitative estimate of drug-likeness (QED) is 0.681. The highest BCUT2D eigenvalue weighted by Gasteiger charge is 2.22. The zero-order valence-electron chi connectivity index (χ0n) is 9.53. The number of nitrogens with one attached hydrogen (secondary N) is 1. The first-order chi connectivity index (χ1) is 7.74. The van der Waals surface area contributed by atoms with Crippen LogP contribution in [0.2, 0.25) is 0 Å². The molecule has 0 fully saturated rings. The van der Waals surface area contributed by atoms with Gasteiger partial charge in [-0.2, -0.15) is 0 Å². The topological polar surface area (TPSA) is 58.3 Å². The number of hydrogen-bond donors (Lipinski definition) is 3. The third-order valence-corrected chi connectivity index (χ3v) is 3.12. The molecule has 1 aromatic carbocycles. The van der Waals surface area contributed by atoms with Crippen molar-refractivity contribution in [2.24, 2.45) is 5.73 Å². The van der Waals surface area contributed by atoms with E-state index in [0.717, 1.165) is 18.4 Å². The number of aliphatic hydroxyl groups excluding tert-OH is 1. The molecule has 1 aromatic rings. The summed E-state index contributed by atoms with van der Waals surface area (Å²) in [6, 6.07) is 6.59. The summed E-state index contributed by atoms with van der Waals surface area (Å²) in [6.07, 6.45) is 3.76. The molecule has 0 bridgehead atoms. The predicted octanol–water partition coefficient (Wildman–Crippen LogP) is 2.14. The van der Waals surface area contributed by atoms with Gasteiger partial charge in [-0.1, -0.05) is 18.2 Å². The van der Waals surface area contributed by atoms with Crippen LogP contribution < -0.4 is 11.1 Å². The summed E-state index contributed by atoms with van der Waals surface area (Å²) in [5.74, 6) is 0.246. The Kier molecular flexibility index (Phi) is 3.15. The van der Waals surface area contributed by atoms with Gasteiger partial charge in [0.15, 0.2) is 5.88 Å². The molecule has 1 aliphatic carbocycles. The summed E-state index contributed by atoms with van der Waals surface area (Å²) in [5, 5.41) is 12.6. The maximum Gasteiger partial charge on any atom is 0.180 e. The first kappa shape index (κ1) is 11.0. The molecule has 0 aromatic heterocycles. The van der Waals surface area contributed by atoms with Crippen molar-refractivity contribution in [3.8, 4) is 0 Å². The Bertz CT molecular complexity index is 412. The average molecular weight is 218 g/mol. The number of fused-ring (bicyclic) bond motifs is 1. The molecule has 0 saturated carbocycles. The number of nitrogens with two attached hydrogens (primary N) is 1. The molecule has 1 atom stereocenters. The normalized spacial score (nSPS) is 19.6. The van der Waals surface area contributed by atoms with Gasteiger partial charge in [-0.05, 0) is 42.5 Å². The minimum atomic E-state index is 0.220. The molecule has 3 heteroatoms. The average Bonchev–Trinajstić information content (AvgIpc) is 2.71. The molecule has 0 amide bonds. The zero-order chi connectivity index (χ0) is 11.5. The molecular weight excluding hydrogens is 200 g/mol. The predicted molar refractivity (Wildman–Crippen MR) is 64.9 cm³/mol. The van der Waals surface area contributed by atoms with Crippen LogP contribution in [0.4, 0.5) is 0 Å². The molecule has 0 aliphatic heterocycles. The summed E-state index contributed by atoms with van der Waals surface area (Å²) in [4.78, 5) is 0. The van der Waals surface area contributed by atoms with Gasteiger partial charge in [-0.15, -0.1) is 0 Å². The van der Waals surface area contributed by atoms with Crippen molar-refractivity contribution >= 4 is 0 Å². The summed E-state index contributed by atoms with van der Waals surface area (Å²) in [7, 11) is 0. The lowest BCUT2D eigenvalue weighted by Crippen LogP contribution is -2.18. The van der Waals surface area contributed by atoms with Crippen molar-refractivity contribution in [1.29, 1.82) is 0 Å². The van der Waals surface area contributed by atoms with E-state index in [-0.39, 0.29) is 11.9 Å². The van der Waals surface area contributed by atoms with Crippen LogP contribution in [0.5, 0.6) is 0 Å². The standard InChI is InChI=1S/C13H18N2O/c1-2-13(16)15-12-6-5-10-4-3-9(8-14)7-11(10)12/h2-4,7,12,15-16H,5-6,8,14H2,1H3/b13-2+. The molecule has 0 saturated heterocycles. The molecule has 1 aliphatic rings. The molecule has 2 rings (SSSR count). The largest absolute Gasteiger partial charge is 0.495 e. The fourth-order valence-corrected chi connectivity index (χ4v) is 2.19. The van der Waals surface area contributed by atoms with Gasteiger partial charge in [0.05, 0.1) is 6.04 Å². The maximum atomic E-state index is 9.50. The number of rotatable bonds is 3. The molecule has 4 N–H and O–H groups in total. The molecule has 16 heavy (non-hydrogen) atoms. The van der Waals surface area contributed by atoms with Crippen LogP contribution in [0.25, 0.3) is 0 Å². The molecule has 86 valence electrons. The Morgan fingerprint density at radius 2 is 2.44 bits per heavy atom. The Morgan fingerprint density at radius 3 is 3.12 bits per heavy atom.